The molecule has 0 aliphatic carbocycles. The number of pyridine rings is 1. The lowest BCUT2D eigenvalue weighted by atomic mass is 10.2. The molecular weight excluding hydrogens is 300 g/mol. The summed E-state index contributed by atoms with van der Waals surface area (Å²) in [6, 6.07) is 9.23. The highest BCUT2D eigenvalue weighted by Crippen LogP contribution is 2.22. The number of benzene rings is 1. The molecule has 0 fully saturated rings. The maximum Gasteiger partial charge on any atom is 0.263 e. The maximum absolute atomic E-state index is 12.1. The molecule has 0 saturated carbocycles. The molecule has 0 aliphatic rings. The van der Waals surface area contributed by atoms with Crippen LogP contribution in [0.2, 0.25) is 5.02 Å². The van der Waals surface area contributed by atoms with Gasteiger partial charge < -0.3 is 5.73 Å². The van der Waals surface area contributed by atoms with E-state index in [-0.39, 0.29) is 21.4 Å². The Balaban J connectivity index is 2.35. The molecule has 2 aromatic rings. The molecule has 2 rings (SSSR count). The molecule has 0 spiro atoms. The Labute approximate surface area is 120 Å². The van der Waals surface area contributed by atoms with Gasteiger partial charge in [0.15, 0.2) is 0 Å². The predicted molar refractivity (Wildman–Crippen MR) is 75.6 cm³/mol. The van der Waals surface area contributed by atoms with Crippen molar-refractivity contribution in [1.82, 2.24) is 4.98 Å². The lowest BCUT2D eigenvalue weighted by Gasteiger charge is -2.08. The molecule has 1 aromatic carbocycles. The zero-order valence-electron chi connectivity index (χ0n) is 10.0. The summed E-state index contributed by atoms with van der Waals surface area (Å²) in [5, 5.41) is 8.83. The molecular formula is C12H9ClN4O2S. The number of nitriles is 1. The summed E-state index contributed by atoms with van der Waals surface area (Å²) in [6.07, 6.45) is 1.11. The number of sulfonamides is 1. The molecule has 1 heterocycles. The second kappa shape index (κ2) is 5.36. The minimum Gasteiger partial charge on any atom is -0.382 e. The number of aromatic nitrogens is 1. The molecule has 0 atom stereocenters. The Hall–Kier alpha value is -2.30. The number of nitrogen functional groups attached to an aromatic ring is 1. The van der Waals surface area contributed by atoms with Gasteiger partial charge >= 0.3 is 0 Å². The standard InChI is InChI=1S/C12H9ClN4O2S/c13-11-5-10(7-16-12(11)15)20(18,19)17-9-3-1-2-8(4-9)6-14/h1-5,7,17H,(H2,15,16). The largest absolute Gasteiger partial charge is 0.382 e. The number of nitrogens with zero attached hydrogens (tertiary/aromatic N) is 2. The summed E-state index contributed by atoms with van der Waals surface area (Å²) < 4.78 is 26.6. The number of hydrogen-bond donors (Lipinski definition) is 2. The van der Waals surface area contributed by atoms with Crippen molar-refractivity contribution in [1.29, 1.82) is 5.26 Å². The van der Waals surface area contributed by atoms with Crippen LogP contribution in [0.25, 0.3) is 0 Å². The van der Waals surface area contributed by atoms with Crippen molar-refractivity contribution in [3.05, 3.63) is 47.1 Å². The van der Waals surface area contributed by atoms with E-state index in [9.17, 15) is 8.42 Å². The van der Waals surface area contributed by atoms with Crippen LogP contribution in [0.5, 0.6) is 0 Å². The van der Waals surface area contributed by atoms with E-state index in [2.05, 4.69) is 9.71 Å². The molecule has 1 aromatic heterocycles. The van der Waals surface area contributed by atoms with E-state index in [0.29, 0.717) is 5.56 Å². The Morgan fingerprint density at radius 1 is 1.35 bits per heavy atom. The zero-order chi connectivity index (χ0) is 14.8. The quantitative estimate of drug-likeness (QED) is 0.901. The zero-order valence-corrected chi connectivity index (χ0v) is 11.6. The SMILES string of the molecule is N#Cc1cccc(NS(=O)(=O)c2cnc(N)c(Cl)c2)c1. The van der Waals surface area contributed by atoms with Crippen LogP contribution in [-0.4, -0.2) is 13.4 Å². The summed E-state index contributed by atoms with van der Waals surface area (Å²) in [5.74, 6) is 0.0529. The second-order valence-electron chi connectivity index (χ2n) is 3.84. The van der Waals surface area contributed by atoms with E-state index >= 15 is 0 Å². The van der Waals surface area contributed by atoms with Gasteiger partial charge in [0.1, 0.15) is 10.7 Å². The number of anilines is 2. The van der Waals surface area contributed by atoms with Crippen molar-refractivity contribution in [2.24, 2.45) is 0 Å². The molecule has 3 N–H and O–H groups in total. The number of hydrogen-bond acceptors (Lipinski definition) is 5. The molecule has 0 saturated heterocycles. The normalized spacial score (nSPS) is 10.8. The van der Waals surface area contributed by atoms with Crippen LogP contribution in [0.1, 0.15) is 5.56 Å². The first-order chi connectivity index (χ1) is 9.42. The molecule has 6 nitrogen and oxygen atoms in total. The van der Waals surface area contributed by atoms with E-state index in [1.165, 1.54) is 18.2 Å². The van der Waals surface area contributed by atoms with Crippen molar-refractivity contribution in [2.45, 2.75) is 4.90 Å². The van der Waals surface area contributed by atoms with Crippen molar-refractivity contribution in [3.8, 4) is 6.07 Å². The fourth-order valence-corrected chi connectivity index (χ4v) is 2.69. The van der Waals surface area contributed by atoms with Crippen LogP contribution in [-0.2, 0) is 10.0 Å². The fraction of sp³-hybridized carbons (Fsp3) is 0. The lowest BCUT2D eigenvalue weighted by Crippen LogP contribution is -2.13. The van der Waals surface area contributed by atoms with Gasteiger partial charge in [0, 0.05) is 6.20 Å². The lowest BCUT2D eigenvalue weighted by molar-refractivity contribution is 0.601. The Morgan fingerprint density at radius 3 is 2.75 bits per heavy atom. The van der Waals surface area contributed by atoms with Crippen molar-refractivity contribution in [2.75, 3.05) is 10.5 Å². The van der Waals surface area contributed by atoms with Gasteiger partial charge in [-0.25, -0.2) is 13.4 Å². The van der Waals surface area contributed by atoms with E-state index in [0.717, 1.165) is 6.20 Å². The highest BCUT2D eigenvalue weighted by atomic mass is 35.5. The first-order valence-electron chi connectivity index (χ1n) is 5.36. The van der Waals surface area contributed by atoms with Gasteiger partial charge in [0.25, 0.3) is 10.0 Å². The number of nitrogens with two attached hydrogens (primary N) is 1. The van der Waals surface area contributed by atoms with Gasteiger partial charge in [-0.2, -0.15) is 5.26 Å². The predicted octanol–water partition coefficient (Wildman–Crippen LogP) is 1.99. The summed E-state index contributed by atoms with van der Waals surface area (Å²) in [4.78, 5) is 3.58. The van der Waals surface area contributed by atoms with Crippen LogP contribution in [0.3, 0.4) is 0 Å². The minimum atomic E-state index is -3.84. The van der Waals surface area contributed by atoms with Crippen LogP contribution in [0.4, 0.5) is 11.5 Å². The fourth-order valence-electron chi connectivity index (χ4n) is 1.44. The molecule has 0 bridgehead atoms. The smallest absolute Gasteiger partial charge is 0.263 e. The van der Waals surface area contributed by atoms with Gasteiger partial charge in [-0.15, -0.1) is 0 Å². The van der Waals surface area contributed by atoms with Crippen molar-refractivity contribution < 1.29 is 8.42 Å². The van der Waals surface area contributed by atoms with Crippen LogP contribution >= 0.6 is 11.6 Å². The third-order valence-corrected chi connectivity index (χ3v) is 4.05. The summed E-state index contributed by atoms with van der Waals surface area (Å²) >= 11 is 5.75. The van der Waals surface area contributed by atoms with Gasteiger partial charge in [-0.3, -0.25) is 4.72 Å². The molecule has 0 radical (unpaired) electrons. The second-order valence-corrected chi connectivity index (χ2v) is 5.93. The van der Waals surface area contributed by atoms with Gasteiger partial charge in [-0.1, -0.05) is 17.7 Å². The maximum atomic E-state index is 12.1. The van der Waals surface area contributed by atoms with Gasteiger partial charge in [0.05, 0.1) is 22.3 Å². The van der Waals surface area contributed by atoms with Gasteiger partial charge in [-0.05, 0) is 24.3 Å². The average molecular weight is 309 g/mol. The van der Waals surface area contributed by atoms with E-state index < -0.39 is 10.0 Å². The summed E-state index contributed by atoms with van der Waals surface area (Å²) in [7, 11) is -3.84. The van der Waals surface area contributed by atoms with Crippen LogP contribution in [0.15, 0.2) is 41.4 Å². The Bertz CT molecular complexity index is 799. The summed E-state index contributed by atoms with van der Waals surface area (Å²) in [6.45, 7) is 0. The summed E-state index contributed by atoms with van der Waals surface area (Å²) in [5.41, 5.74) is 6.05. The number of rotatable bonds is 3. The monoisotopic (exact) mass is 308 g/mol. The van der Waals surface area contributed by atoms with E-state index in [1.54, 1.807) is 12.1 Å². The number of nitrogens with one attached hydrogen (secondary N) is 1. The molecule has 102 valence electrons. The Morgan fingerprint density at radius 2 is 2.10 bits per heavy atom. The topological polar surface area (TPSA) is 109 Å². The highest BCUT2D eigenvalue weighted by Gasteiger charge is 2.16. The first-order valence-corrected chi connectivity index (χ1v) is 7.22. The first kappa shape index (κ1) is 14.1. The third kappa shape index (κ3) is 2.99. The van der Waals surface area contributed by atoms with E-state index in [4.69, 9.17) is 22.6 Å². The molecule has 0 unspecified atom stereocenters. The van der Waals surface area contributed by atoms with Crippen molar-refractivity contribution >= 4 is 33.1 Å². The molecule has 0 aliphatic heterocycles. The highest BCUT2D eigenvalue weighted by molar-refractivity contribution is 7.92. The van der Waals surface area contributed by atoms with Crippen LogP contribution in [0, 0.1) is 11.3 Å². The van der Waals surface area contributed by atoms with Crippen molar-refractivity contribution in [3.63, 3.8) is 0 Å². The van der Waals surface area contributed by atoms with E-state index in [1.807, 2.05) is 6.07 Å². The van der Waals surface area contributed by atoms with Crippen LogP contribution < -0.4 is 10.5 Å². The van der Waals surface area contributed by atoms with Gasteiger partial charge in [0.2, 0.25) is 0 Å². The third-order valence-electron chi connectivity index (χ3n) is 2.40. The minimum absolute atomic E-state index is 0.0529. The molecule has 0 amide bonds. The molecule has 20 heavy (non-hydrogen) atoms. The molecule has 8 heteroatoms. The number of halogens is 1. The average Bonchev–Trinajstić information content (AvgIpc) is 2.41. The Kier molecular flexibility index (Phi) is 3.79.